The van der Waals surface area contributed by atoms with Crippen LogP contribution in [0.15, 0.2) is 0 Å². The molecule has 0 radical (unpaired) electrons. The standard InChI is InChI=1S/C6H13FO2/c1-4(5(2)8)6(9)3-7/h4-6,8-9H,3H2,1-2H3. The van der Waals surface area contributed by atoms with Crippen LogP contribution in [0.25, 0.3) is 0 Å². The van der Waals surface area contributed by atoms with Crippen LogP contribution in [0.4, 0.5) is 4.39 Å². The lowest BCUT2D eigenvalue weighted by Gasteiger charge is -2.17. The predicted molar refractivity (Wildman–Crippen MR) is 32.8 cm³/mol. The Morgan fingerprint density at radius 3 is 1.89 bits per heavy atom. The molecule has 3 atom stereocenters. The second kappa shape index (κ2) is 3.80. The van der Waals surface area contributed by atoms with E-state index in [0.29, 0.717) is 0 Å². The third-order valence-electron chi connectivity index (χ3n) is 1.53. The van der Waals surface area contributed by atoms with Gasteiger partial charge in [-0.1, -0.05) is 6.92 Å². The maximum absolute atomic E-state index is 11.6. The van der Waals surface area contributed by atoms with Gasteiger partial charge in [0.2, 0.25) is 0 Å². The van der Waals surface area contributed by atoms with Gasteiger partial charge in [0.25, 0.3) is 0 Å². The van der Waals surface area contributed by atoms with Crippen LogP contribution in [-0.2, 0) is 0 Å². The highest BCUT2D eigenvalue weighted by Crippen LogP contribution is 2.07. The van der Waals surface area contributed by atoms with E-state index in [1.54, 1.807) is 6.92 Å². The van der Waals surface area contributed by atoms with Gasteiger partial charge in [-0.15, -0.1) is 0 Å². The zero-order valence-electron chi connectivity index (χ0n) is 5.71. The molecular formula is C6H13FO2. The molecule has 2 nitrogen and oxygen atoms in total. The fourth-order valence-electron chi connectivity index (χ4n) is 0.462. The molecule has 9 heavy (non-hydrogen) atoms. The molecule has 0 saturated heterocycles. The third-order valence-corrected chi connectivity index (χ3v) is 1.53. The maximum Gasteiger partial charge on any atom is 0.116 e. The number of rotatable bonds is 3. The molecule has 56 valence electrons. The van der Waals surface area contributed by atoms with Crippen LogP contribution in [0, 0.1) is 5.92 Å². The van der Waals surface area contributed by atoms with Gasteiger partial charge >= 0.3 is 0 Å². The molecule has 0 amide bonds. The summed E-state index contributed by atoms with van der Waals surface area (Å²) < 4.78 is 11.6. The average molecular weight is 136 g/mol. The second-order valence-electron chi connectivity index (χ2n) is 2.32. The van der Waals surface area contributed by atoms with Gasteiger partial charge in [-0.3, -0.25) is 0 Å². The number of aliphatic hydroxyl groups excluding tert-OH is 2. The van der Waals surface area contributed by atoms with Gasteiger partial charge in [-0.05, 0) is 6.92 Å². The fourth-order valence-corrected chi connectivity index (χ4v) is 0.462. The van der Waals surface area contributed by atoms with Gasteiger partial charge in [-0.2, -0.15) is 0 Å². The van der Waals surface area contributed by atoms with E-state index >= 15 is 0 Å². The normalized spacial score (nSPS) is 21.0. The Hall–Kier alpha value is -0.150. The monoisotopic (exact) mass is 136 g/mol. The van der Waals surface area contributed by atoms with Crippen LogP contribution in [-0.4, -0.2) is 29.1 Å². The molecule has 3 unspecified atom stereocenters. The van der Waals surface area contributed by atoms with Gasteiger partial charge in [0, 0.05) is 5.92 Å². The molecule has 0 aliphatic rings. The van der Waals surface area contributed by atoms with Crippen molar-refractivity contribution < 1.29 is 14.6 Å². The molecule has 0 aliphatic heterocycles. The van der Waals surface area contributed by atoms with Crippen LogP contribution in [0.2, 0.25) is 0 Å². The van der Waals surface area contributed by atoms with E-state index < -0.39 is 18.9 Å². The first kappa shape index (κ1) is 8.85. The Morgan fingerprint density at radius 1 is 1.33 bits per heavy atom. The zero-order valence-corrected chi connectivity index (χ0v) is 5.71. The minimum absolute atomic E-state index is 0.380. The SMILES string of the molecule is CC(O)C(C)C(O)CF. The molecule has 0 bridgehead atoms. The summed E-state index contributed by atoms with van der Waals surface area (Å²) in [7, 11) is 0. The van der Waals surface area contributed by atoms with Crippen molar-refractivity contribution in [1.29, 1.82) is 0 Å². The number of aliphatic hydroxyl groups is 2. The quantitative estimate of drug-likeness (QED) is 0.587. The lowest BCUT2D eigenvalue weighted by Crippen LogP contribution is -2.28. The zero-order chi connectivity index (χ0) is 7.44. The highest BCUT2D eigenvalue weighted by atomic mass is 19.1. The minimum atomic E-state index is -1.02. The topological polar surface area (TPSA) is 40.5 Å². The van der Waals surface area contributed by atoms with Crippen LogP contribution in [0.3, 0.4) is 0 Å². The Bertz CT molecular complexity index is 75.5. The smallest absolute Gasteiger partial charge is 0.116 e. The lowest BCUT2D eigenvalue weighted by molar-refractivity contribution is 0.0181. The summed E-state index contributed by atoms with van der Waals surface area (Å²) in [6.45, 7) is 2.35. The number of halogens is 1. The molecule has 0 aromatic heterocycles. The van der Waals surface area contributed by atoms with E-state index in [1.165, 1.54) is 6.92 Å². The Morgan fingerprint density at radius 2 is 1.78 bits per heavy atom. The van der Waals surface area contributed by atoms with Crippen molar-refractivity contribution in [2.24, 2.45) is 5.92 Å². The van der Waals surface area contributed by atoms with E-state index in [2.05, 4.69) is 0 Å². The fraction of sp³-hybridized carbons (Fsp3) is 1.00. The summed E-state index contributed by atoms with van der Waals surface area (Å²) in [4.78, 5) is 0. The summed E-state index contributed by atoms with van der Waals surface area (Å²) in [5, 5.41) is 17.6. The Kier molecular flexibility index (Phi) is 3.73. The molecule has 0 fully saturated rings. The van der Waals surface area contributed by atoms with Gasteiger partial charge < -0.3 is 10.2 Å². The van der Waals surface area contributed by atoms with E-state index in [4.69, 9.17) is 10.2 Å². The highest BCUT2D eigenvalue weighted by Gasteiger charge is 2.17. The Labute approximate surface area is 54.3 Å². The molecule has 3 heteroatoms. The van der Waals surface area contributed by atoms with Crippen LogP contribution in [0.1, 0.15) is 13.8 Å². The first-order valence-corrected chi connectivity index (χ1v) is 3.01. The lowest BCUT2D eigenvalue weighted by atomic mass is 10.0. The molecule has 0 aromatic rings. The van der Waals surface area contributed by atoms with Crippen molar-refractivity contribution in [1.82, 2.24) is 0 Å². The van der Waals surface area contributed by atoms with E-state index in [1.807, 2.05) is 0 Å². The minimum Gasteiger partial charge on any atom is -0.393 e. The first-order chi connectivity index (χ1) is 4.09. The average Bonchev–Trinajstić information content (AvgIpc) is 1.84. The summed E-state index contributed by atoms with van der Waals surface area (Å²) in [5.41, 5.74) is 0. The molecule has 0 saturated carbocycles. The van der Waals surface area contributed by atoms with Crippen LogP contribution in [0.5, 0.6) is 0 Å². The van der Waals surface area contributed by atoms with Gasteiger partial charge in [0.05, 0.1) is 12.2 Å². The molecule has 0 aromatic carbocycles. The van der Waals surface area contributed by atoms with Crippen molar-refractivity contribution in [3.63, 3.8) is 0 Å². The maximum atomic E-state index is 11.6. The molecule has 0 heterocycles. The summed E-state index contributed by atoms with van der Waals surface area (Å²) in [5.74, 6) is -0.380. The van der Waals surface area contributed by atoms with E-state index in [9.17, 15) is 4.39 Å². The number of hydrogen-bond donors (Lipinski definition) is 2. The summed E-state index contributed by atoms with van der Waals surface area (Å²) in [6, 6.07) is 0. The molecule has 2 N–H and O–H groups in total. The number of alkyl halides is 1. The largest absolute Gasteiger partial charge is 0.393 e. The summed E-state index contributed by atoms with van der Waals surface area (Å²) >= 11 is 0. The molecule has 0 rings (SSSR count). The van der Waals surface area contributed by atoms with Crippen molar-refractivity contribution in [2.75, 3.05) is 6.67 Å². The molecule has 0 spiro atoms. The van der Waals surface area contributed by atoms with Crippen molar-refractivity contribution in [3.05, 3.63) is 0 Å². The van der Waals surface area contributed by atoms with Crippen molar-refractivity contribution in [2.45, 2.75) is 26.1 Å². The van der Waals surface area contributed by atoms with Gasteiger partial charge in [-0.25, -0.2) is 4.39 Å². The van der Waals surface area contributed by atoms with E-state index in [0.717, 1.165) is 0 Å². The molecular weight excluding hydrogens is 123 g/mol. The highest BCUT2D eigenvalue weighted by molar-refractivity contribution is 4.67. The van der Waals surface area contributed by atoms with Crippen LogP contribution < -0.4 is 0 Å². The second-order valence-corrected chi connectivity index (χ2v) is 2.32. The van der Waals surface area contributed by atoms with Gasteiger partial charge in [0.1, 0.15) is 6.67 Å². The summed E-state index contributed by atoms with van der Waals surface area (Å²) in [6.07, 6.45) is -1.67. The van der Waals surface area contributed by atoms with E-state index in [-0.39, 0.29) is 5.92 Å². The van der Waals surface area contributed by atoms with Gasteiger partial charge in [0.15, 0.2) is 0 Å². The Balaban J connectivity index is 3.58. The third kappa shape index (κ3) is 2.77. The van der Waals surface area contributed by atoms with Crippen LogP contribution >= 0.6 is 0 Å². The van der Waals surface area contributed by atoms with Crippen molar-refractivity contribution in [3.8, 4) is 0 Å². The molecule has 0 aliphatic carbocycles. The first-order valence-electron chi connectivity index (χ1n) is 3.01. The van der Waals surface area contributed by atoms with Crippen molar-refractivity contribution >= 4 is 0 Å². The number of hydrogen-bond acceptors (Lipinski definition) is 2. The predicted octanol–water partition coefficient (Wildman–Crippen LogP) is 0.334.